The van der Waals surface area contributed by atoms with E-state index in [1.54, 1.807) is 31.2 Å². The van der Waals surface area contributed by atoms with Crippen molar-refractivity contribution in [3.05, 3.63) is 59.7 Å². The lowest BCUT2D eigenvalue weighted by Gasteiger charge is -2.14. The second-order valence-corrected chi connectivity index (χ2v) is 4.31. The Balaban J connectivity index is 2.24. The molecule has 1 amide bonds. The molecule has 0 aliphatic carbocycles. The number of hydrogen-bond acceptors (Lipinski definition) is 2. The van der Waals surface area contributed by atoms with Gasteiger partial charge in [0.15, 0.2) is 5.75 Å². The summed E-state index contributed by atoms with van der Waals surface area (Å²) in [5, 5.41) is 2.43. The Hall–Kier alpha value is -2.50. The molecule has 21 heavy (non-hydrogen) atoms. The van der Waals surface area contributed by atoms with Crippen molar-refractivity contribution in [2.24, 2.45) is 0 Å². The highest BCUT2D eigenvalue weighted by Crippen LogP contribution is 2.30. The van der Waals surface area contributed by atoms with E-state index in [-0.39, 0.29) is 5.69 Å². The van der Waals surface area contributed by atoms with Crippen LogP contribution >= 0.6 is 0 Å². The monoisotopic (exact) mass is 295 g/mol. The van der Waals surface area contributed by atoms with Gasteiger partial charge in [-0.1, -0.05) is 30.3 Å². The lowest BCUT2D eigenvalue weighted by molar-refractivity contribution is -0.274. The van der Waals surface area contributed by atoms with Gasteiger partial charge in [-0.05, 0) is 30.7 Å². The molecule has 0 aliphatic heterocycles. The molecule has 0 fully saturated rings. The van der Waals surface area contributed by atoms with Gasteiger partial charge >= 0.3 is 6.36 Å². The Morgan fingerprint density at radius 2 is 1.67 bits per heavy atom. The van der Waals surface area contributed by atoms with E-state index in [0.717, 1.165) is 11.6 Å². The third-order valence-corrected chi connectivity index (χ3v) is 2.75. The molecule has 1 N–H and O–H groups in total. The quantitative estimate of drug-likeness (QED) is 0.924. The maximum Gasteiger partial charge on any atom is 0.573 e. The molecule has 0 radical (unpaired) electrons. The summed E-state index contributed by atoms with van der Waals surface area (Å²) in [6.45, 7) is 1.74. The number of halogens is 3. The van der Waals surface area contributed by atoms with Crippen LogP contribution in [0.25, 0.3) is 0 Å². The molecule has 6 heteroatoms. The van der Waals surface area contributed by atoms with Crippen molar-refractivity contribution in [3.8, 4) is 5.75 Å². The third-order valence-electron chi connectivity index (χ3n) is 2.75. The summed E-state index contributed by atoms with van der Waals surface area (Å²) in [6.07, 6.45) is -4.82. The van der Waals surface area contributed by atoms with Crippen LogP contribution in [0.3, 0.4) is 0 Å². The minimum absolute atomic E-state index is 0.0388. The maximum atomic E-state index is 12.3. The highest BCUT2D eigenvalue weighted by molar-refractivity contribution is 6.05. The van der Waals surface area contributed by atoms with Crippen molar-refractivity contribution in [3.63, 3.8) is 0 Å². The second-order valence-electron chi connectivity index (χ2n) is 4.31. The van der Waals surface area contributed by atoms with Gasteiger partial charge in [-0.2, -0.15) is 0 Å². The normalized spacial score (nSPS) is 11.0. The number of anilines is 1. The Bertz CT molecular complexity index is 653. The van der Waals surface area contributed by atoms with Crippen molar-refractivity contribution in [2.45, 2.75) is 13.3 Å². The highest BCUT2D eigenvalue weighted by Gasteiger charge is 2.32. The van der Waals surface area contributed by atoms with Gasteiger partial charge in [0.05, 0.1) is 5.69 Å². The van der Waals surface area contributed by atoms with E-state index in [4.69, 9.17) is 0 Å². The fourth-order valence-corrected chi connectivity index (χ4v) is 1.80. The third kappa shape index (κ3) is 3.98. The van der Waals surface area contributed by atoms with Crippen LogP contribution in [-0.2, 0) is 0 Å². The number of benzene rings is 2. The number of carbonyl (C=O) groups excluding carboxylic acids is 1. The van der Waals surface area contributed by atoms with Gasteiger partial charge in [-0.25, -0.2) is 0 Å². The van der Waals surface area contributed by atoms with Crippen molar-refractivity contribution in [1.82, 2.24) is 0 Å². The number of carbonyl (C=O) groups is 1. The fraction of sp³-hybridized carbons (Fsp3) is 0.133. The minimum atomic E-state index is -4.82. The molecule has 0 aromatic heterocycles. The maximum absolute atomic E-state index is 12.3. The predicted molar refractivity (Wildman–Crippen MR) is 72.3 cm³/mol. The van der Waals surface area contributed by atoms with Crippen LogP contribution < -0.4 is 10.1 Å². The summed E-state index contributed by atoms with van der Waals surface area (Å²) < 4.78 is 40.8. The number of nitrogens with one attached hydrogen (secondary N) is 1. The van der Waals surface area contributed by atoms with Gasteiger partial charge in [0.1, 0.15) is 0 Å². The molecule has 2 aromatic carbocycles. The van der Waals surface area contributed by atoms with E-state index in [0.29, 0.717) is 5.56 Å². The summed E-state index contributed by atoms with van der Waals surface area (Å²) >= 11 is 0. The molecular formula is C15H12F3NO2. The van der Waals surface area contributed by atoms with E-state index < -0.39 is 18.0 Å². The van der Waals surface area contributed by atoms with Gasteiger partial charge in [-0.3, -0.25) is 4.79 Å². The molecule has 0 unspecified atom stereocenters. The van der Waals surface area contributed by atoms with E-state index >= 15 is 0 Å². The summed E-state index contributed by atoms with van der Waals surface area (Å²) in [7, 11) is 0. The van der Waals surface area contributed by atoms with Crippen LogP contribution in [0, 0.1) is 6.92 Å². The smallest absolute Gasteiger partial charge is 0.404 e. The number of para-hydroxylation sites is 2. The first-order valence-corrected chi connectivity index (χ1v) is 6.08. The lowest BCUT2D eigenvalue weighted by Crippen LogP contribution is -2.19. The van der Waals surface area contributed by atoms with Crippen LogP contribution in [0.15, 0.2) is 48.5 Å². The first kappa shape index (κ1) is 14.9. The molecule has 110 valence electrons. The van der Waals surface area contributed by atoms with E-state index in [1.165, 1.54) is 18.2 Å². The Labute approximate surface area is 119 Å². The van der Waals surface area contributed by atoms with Gasteiger partial charge in [0, 0.05) is 5.56 Å². The van der Waals surface area contributed by atoms with Crippen LogP contribution in [0.2, 0.25) is 0 Å². The summed E-state index contributed by atoms with van der Waals surface area (Å²) in [6, 6.07) is 12.2. The van der Waals surface area contributed by atoms with Crippen molar-refractivity contribution < 1.29 is 22.7 Å². The second kappa shape index (κ2) is 5.87. The largest absolute Gasteiger partial charge is 0.573 e. The molecule has 0 saturated heterocycles. The summed E-state index contributed by atoms with van der Waals surface area (Å²) in [5.41, 5.74) is 1.08. The van der Waals surface area contributed by atoms with Crippen LogP contribution in [0.4, 0.5) is 18.9 Å². The fourth-order valence-electron chi connectivity index (χ4n) is 1.80. The standard InChI is InChI=1S/C15H12F3NO2/c1-10-6-2-3-7-11(10)14(20)19-12-8-4-5-9-13(12)21-15(16,17)18/h2-9H,1H3,(H,19,20). The van der Waals surface area contributed by atoms with Gasteiger partial charge in [-0.15, -0.1) is 13.2 Å². The number of rotatable bonds is 3. The zero-order chi connectivity index (χ0) is 15.5. The van der Waals surface area contributed by atoms with Crippen molar-refractivity contribution >= 4 is 11.6 Å². The first-order valence-electron chi connectivity index (χ1n) is 6.08. The number of aryl methyl sites for hydroxylation is 1. The Morgan fingerprint density at radius 3 is 2.33 bits per heavy atom. The first-order chi connectivity index (χ1) is 9.87. The Morgan fingerprint density at radius 1 is 1.05 bits per heavy atom. The average Bonchev–Trinajstić information content (AvgIpc) is 2.40. The molecular weight excluding hydrogens is 283 g/mol. The molecule has 3 nitrogen and oxygen atoms in total. The molecule has 2 aromatic rings. The molecule has 2 rings (SSSR count). The molecule has 0 heterocycles. The van der Waals surface area contributed by atoms with Crippen LogP contribution in [0.1, 0.15) is 15.9 Å². The number of alkyl halides is 3. The molecule has 0 saturated carbocycles. The van der Waals surface area contributed by atoms with E-state index in [2.05, 4.69) is 10.1 Å². The number of amides is 1. The average molecular weight is 295 g/mol. The van der Waals surface area contributed by atoms with Gasteiger partial charge in [0.2, 0.25) is 0 Å². The predicted octanol–water partition coefficient (Wildman–Crippen LogP) is 4.15. The molecule has 0 aliphatic rings. The Kier molecular flexibility index (Phi) is 4.16. The zero-order valence-corrected chi connectivity index (χ0v) is 11.1. The molecule has 0 bridgehead atoms. The highest BCUT2D eigenvalue weighted by atomic mass is 19.4. The lowest BCUT2D eigenvalue weighted by atomic mass is 10.1. The SMILES string of the molecule is Cc1ccccc1C(=O)Nc1ccccc1OC(F)(F)F. The minimum Gasteiger partial charge on any atom is -0.404 e. The molecule has 0 spiro atoms. The summed E-state index contributed by atoms with van der Waals surface area (Å²) in [4.78, 5) is 12.1. The number of hydrogen-bond donors (Lipinski definition) is 1. The summed E-state index contributed by atoms with van der Waals surface area (Å²) in [5.74, 6) is -0.946. The topological polar surface area (TPSA) is 38.3 Å². The number of ether oxygens (including phenoxy) is 1. The van der Waals surface area contributed by atoms with Crippen LogP contribution in [0.5, 0.6) is 5.75 Å². The van der Waals surface area contributed by atoms with Crippen molar-refractivity contribution in [2.75, 3.05) is 5.32 Å². The van der Waals surface area contributed by atoms with E-state index in [9.17, 15) is 18.0 Å². The van der Waals surface area contributed by atoms with Crippen LogP contribution in [-0.4, -0.2) is 12.3 Å². The van der Waals surface area contributed by atoms with E-state index in [1.807, 2.05) is 0 Å². The molecule has 0 atom stereocenters. The zero-order valence-electron chi connectivity index (χ0n) is 11.1. The van der Waals surface area contributed by atoms with Gasteiger partial charge in [0.25, 0.3) is 5.91 Å². The van der Waals surface area contributed by atoms with Crippen molar-refractivity contribution in [1.29, 1.82) is 0 Å². The van der Waals surface area contributed by atoms with Gasteiger partial charge < -0.3 is 10.1 Å².